The number of benzene rings is 2. The number of carbonyl (C=O) groups excluding carboxylic acids is 1. The van der Waals surface area contributed by atoms with Crippen molar-refractivity contribution < 1.29 is 4.79 Å². The molecule has 0 amide bonds. The number of hydrogen-bond donors (Lipinski definition) is 0. The van der Waals surface area contributed by atoms with Gasteiger partial charge < -0.3 is 0 Å². The molecule has 0 saturated carbocycles. The number of fused-ring (bicyclic) bond motifs is 1. The second-order valence-electron chi connectivity index (χ2n) is 4.31. The zero-order valence-electron chi connectivity index (χ0n) is 10.3. The molecule has 0 aliphatic heterocycles. The Balaban J connectivity index is 1.96. The molecule has 0 unspecified atom stereocenters. The molecule has 3 nitrogen and oxygen atoms in total. The summed E-state index contributed by atoms with van der Waals surface area (Å²) in [5.41, 5.74) is 1.01. The van der Waals surface area contributed by atoms with Crippen molar-refractivity contribution in [3.8, 4) is 0 Å². The van der Waals surface area contributed by atoms with Gasteiger partial charge in [-0.05, 0) is 22.4 Å². The number of ketones is 1. The number of hydrogen-bond acceptors (Lipinski definition) is 3. The Morgan fingerprint density at radius 3 is 2.47 bits per heavy atom. The van der Waals surface area contributed by atoms with Crippen molar-refractivity contribution in [2.75, 3.05) is 0 Å². The molecule has 0 fully saturated rings. The van der Waals surface area contributed by atoms with Gasteiger partial charge in [0, 0.05) is 18.8 Å². The molecular weight excluding hydrogens is 236 g/mol. The van der Waals surface area contributed by atoms with E-state index in [1.165, 1.54) is 0 Å². The summed E-state index contributed by atoms with van der Waals surface area (Å²) in [4.78, 5) is 20.1. The average molecular weight is 248 g/mol. The number of carbonyl (C=O) groups is 1. The molecule has 0 spiro atoms. The maximum Gasteiger partial charge on any atom is 0.204 e. The molecule has 0 aliphatic carbocycles. The van der Waals surface area contributed by atoms with Crippen LogP contribution in [-0.2, 0) is 6.42 Å². The van der Waals surface area contributed by atoms with E-state index in [4.69, 9.17) is 0 Å². The van der Waals surface area contributed by atoms with E-state index in [0.29, 0.717) is 6.42 Å². The first-order valence-corrected chi connectivity index (χ1v) is 6.11. The lowest BCUT2D eigenvalue weighted by molar-refractivity contribution is 0.0983. The fraction of sp³-hybridized carbons (Fsp3) is 0.0625. The van der Waals surface area contributed by atoms with Gasteiger partial charge >= 0.3 is 0 Å². The monoisotopic (exact) mass is 248 g/mol. The van der Waals surface area contributed by atoms with E-state index >= 15 is 0 Å². The van der Waals surface area contributed by atoms with Crippen LogP contribution >= 0.6 is 0 Å². The zero-order chi connectivity index (χ0) is 13.1. The Bertz CT molecular complexity index is 718. The first-order chi connectivity index (χ1) is 9.34. The maximum atomic E-state index is 12.1. The normalized spacial score (nSPS) is 10.5. The summed E-state index contributed by atoms with van der Waals surface area (Å²) < 4.78 is 0. The minimum absolute atomic E-state index is 0.0584. The molecule has 1 aromatic heterocycles. The lowest BCUT2D eigenvalue weighted by atomic mass is 10.0. The van der Waals surface area contributed by atoms with Gasteiger partial charge in [-0.3, -0.25) is 4.79 Å². The Morgan fingerprint density at radius 1 is 0.895 bits per heavy atom. The summed E-state index contributed by atoms with van der Waals surface area (Å²) in [6.07, 6.45) is 3.50. The fourth-order valence-electron chi connectivity index (χ4n) is 2.14. The Labute approximate surface area is 111 Å². The Hall–Kier alpha value is -2.55. The lowest BCUT2D eigenvalue weighted by Gasteiger charge is -2.05. The van der Waals surface area contributed by atoms with Gasteiger partial charge in [0.25, 0.3) is 0 Å². The van der Waals surface area contributed by atoms with Gasteiger partial charge in [-0.2, -0.15) is 0 Å². The molecule has 3 aromatic rings. The van der Waals surface area contributed by atoms with Crippen molar-refractivity contribution in [1.29, 1.82) is 0 Å². The van der Waals surface area contributed by atoms with E-state index in [2.05, 4.69) is 9.97 Å². The molecule has 0 atom stereocenters. The maximum absolute atomic E-state index is 12.1. The Kier molecular flexibility index (Phi) is 3.02. The molecule has 2 aromatic carbocycles. The highest BCUT2D eigenvalue weighted by Crippen LogP contribution is 2.19. The fourth-order valence-corrected chi connectivity index (χ4v) is 2.14. The molecule has 19 heavy (non-hydrogen) atoms. The van der Waals surface area contributed by atoms with Gasteiger partial charge in [0.1, 0.15) is 0 Å². The van der Waals surface area contributed by atoms with Crippen molar-refractivity contribution in [1.82, 2.24) is 9.97 Å². The van der Waals surface area contributed by atoms with Gasteiger partial charge in [-0.1, -0.05) is 42.5 Å². The predicted molar refractivity (Wildman–Crippen MR) is 74.0 cm³/mol. The molecule has 92 valence electrons. The van der Waals surface area contributed by atoms with Crippen LogP contribution in [-0.4, -0.2) is 15.8 Å². The van der Waals surface area contributed by atoms with Crippen LogP contribution in [0.4, 0.5) is 0 Å². The van der Waals surface area contributed by atoms with Crippen LogP contribution in [0.5, 0.6) is 0 Å². The van der Waals surface area contributed by atoms with Crippen molar-refractivity contribution >= 4 is 16.6 Å². The van der Waals surface area contributed by atoms with Crippen LogP contribution in [0.25, 0.3) is 10.8 Å². The number of rotatable bonds is 3. The summed E-state index contributed by atoms with van der Waals surface area (Å²) >= 11 is 0. The summed E-state index contributed by atoms with van der Waals surface area (Å²) in [5.74, 6) is 0.215. The van der Waals surface area contributed by atoms with E-state index in [9.17, 15) is 4.79 Å². The molecule has 0 bridgehead atoms. The summed E-state index contributed by atoms with van der Waals surface area (Å²) in [6.45, 7) is 0. The molecule has 0 radical (unpaired) electrons. The molecular formula is C16H12N2O. The number of Topliss-reactive ketones (excluding diaryl/α,β-unsaturated/α-hetero) is 1. The highest BCUT2D eigenvalue weighted by Gasteiger charge is 2.11. The van der Waals surface area contributed by atoms with Crippen LogP contribution in [0.15, 0.2) is 60.9 Å². The third-order valence-electron chi connectivity index (χ3n) is 3.05. The van der Waals surface area contributed by atoms with Crippen LogP contribution < -0.4 is 0 Å². The third kappa shape index (κ3) is 2.36. The van der Waals surface area contributed by atoms with Gasteiger partial charge in [-0.15, -0.1) is 0 Å². The van der Waals surface area contributed by atoms with E-state index in [1.807, 2.05) is 42.5 Å². The zero-order valence-corrected chi connectivity index (χ0v) is 10.3. The topological polar surface area (TPSA) is 42.9 Å². The first kappa shape index (κ1) is 11.5. The molecule has 1 heterocycles. The van der Waals surface area contributed by atoms with Gasteiger partial charge in [0.05, 0.1) is 0 Å². The lowest BCUT2D eigenvalue weighted by Crippen LogP contribution is -2.08. The van der Waals surface area contributed by atoms with Crippen LogP contribution in [0.2, 0.25) is 0 Å². The Morgan fingerprint density at radius 2 is 1.63 bits per heavy atom. The molecule has 0 aliphatic rings. The smallest absolute Gasteiger partial charge is 0.204 e. The van der Waals surface area contributed by atoms with Crippen molar-refractivity contribution in [3.63, 3.8) is 0 Å². The van der Waals surface area contributed by atoms with Gasteiger partial charge in [0.2, 0.25) is 5.78 Å². The summed E-state index contributed by atoms with van der Waals surface area (Å²) in [7, 11) is 0. The second-order valence-corrected chi connectivity index (χ2v) is 4.31. The van der Waals surface area contributed by atoms with Crippen LogP contribution in [0.3, 0.4) is 0 Å². The number of nitrogens with zero attached hydrogens (tertiary/aromatic N) is 2. The molecule has 0 saturated heterocycles. The van der Waals surface area contributed by atoms with E-state index in [0.717, 1.165) is 16.3 Å². The van der Waals surface area contributed by atoms with Crippen molar-refractivity contribution in [3.05, 3.63) is 72.3 Å². The first-order valence-electron chi connectivity index (χ1n) is 6.11. The number of aromatic nitrogens is 2. The minimum atomic E-state index is -0.0584. The quantitative estimate of drug-likeness (QED) is 0.669. The van der Waals surface area contributed by atoms with Crippen LogP contribution in [0.1, 0.15) is 16.2 Å². The predicted octanol–water partition coefficient (Wildman–Crippen LogP) is 3.06. The largest absolute Gasteiger partial charge is 0.290 e. The molecule has 3 heteroatoms. The minimum Gasteiger partial charge on any atom is -0.290 e. The average Bonchev–Trinajstić information content (AvgIpc) is 2.48. The van der Waals surface area contributed by atoms with Gasteiger partial charge in [-0.25, -0.2) is 9.97 Å². The summed E-state index contributed by atoms with van der Waals surface area (Å²) in [6, 6.07) is 15.7. The van der Waals surface area contributed by atoms with E-state index < -0.39 is 0 Å². The molecule has 0 N–H and O–H groups in total. The highest BCUT2D eigenvalue weighted by molar-refractivity contribution is 5.97. The SMILES string of the molecule is O=C(Cc1cccc2ccccc12)c1ncccn1. The van der Waals surface area contributed by atoms with E-state index in [-0.39, 0.29) is 11.6 Å². The summed E-state index contributed by atoms with van der Waals surface area (Å²) in [5, 5.41) is 2.25. The van der Waals surface area contributed by atoms with Crippen molar-refractivity contribution in [2.45, 2.75) is 6.42 Å². The van der Waals surface area contributed by atoms with Crippen molar-refractivity contribution in [2.24, 2.45) is 0 Å². The van der Waals surface area contributed by atoms with E-state index in [1.54, 1.807) is 18.5 Å². The highest BCUT2D eigenvalue weighted by atomic mass is 16.1. The van der Waals surface area contributed by atoms with Crippen LogP contribution in [0, 0.1) is 0 Å². The second kappa shape index (κ2) is 4.98. The van der Waals surface area contributed by atoms with Gasteiger partial charge in [0.15, 0.2) is 5.82 Å². The standard InChI is InChI=1S/C16H12N2O/c19-15(16-17-9-4-10-18-16)11-13-7-3-6-12-5-1-2-8-14(12)13/h1-10H,11H2. The molecule has 3 rings (SSSR count). The third-order valence-corrected chi connectivity index (χ3v) is 3.05.